The van der Waals surface area contributed by atoms with Crippen molar-refractivity contribution in [1.29, 1.82) is 0 Å². The van der Waals surface area contributed by atoms with Gasteiger partial charge in [0.25, 0.3) is 0 Å². The van der Waals surface area contributed by atoms with Crippen LogP contribution in [0.3, 0.4) is 0 Å². The second-order valence-corrected chi connectivity index (χ2v) is 5.34. The summed E-state index contributed by atoms with van der Waals surface area (Å²) >= 11 is 0. The molecule has 3 aliphatic rings. The summed E-state index contributed by atoms with van der Waals surface area (Å²) in [6, 6.07) is 0. The third kappa shape index (κ3) is 6.92. The zero-order valence-electron chi connectivity index (χ0n) is 12.2. The van der Waals surface area contributed by atoms with Gasteiger partial charge in [0.15, 0.2) is 0 Å². The second kappa shape index (κ2) is 12.0. The number of hydrogen-bond donors (Lipinski definition) is 0. The normalized spacial score (nSPS) is 20.8. The largest absolute Gasteiger partial charge is 2.00 e. The van der Waals surface area contributed by atoms with Crippen LogP contribution in [0.15, 0.2) is 36.0 Å². The zero-order valence-corrected chi connectivity index (χ0v) is 16.2. The molecule has 0 atom stereocenters. The van der Waals surface area contributed by atoms with Crippen LogP contribution in [0, 0.1) is 17.6 Å². The summed E-state index contributed by atoms with van der Waals surface area (Å²) in [6.45, 7) is 2.42. The van der Waals surface area contributed by atoms with Gasteiger partial charge in [0.05, 0.1) is 0 Å². The van der Waals surface area contributed by atoms with Gasteiger partial charge >= 0.3 is 26.2 Å². The van der Waals surface area contributed by atoms with E-state index in [1.165, 1.54) is 32.1 Å². The van der Waals surface area contributed by atoms with Crippen LogP contribution in [0.5, 0.6) is 0 Å². The van der Waals surface area contributed by atoms with Crippen molar-refractivity contribution in [2.45, 2.75) is 51.9 Å². The molecule has 0 saturated heterocycles. The van der Waals surface area contributed by atoms with Gasteiger partial charge in [-0.3, -0.25) is 12.2 Å². The minimum Gasteiger partial charge on any atom is -0.273 e. The predicted molar refractivity (Wildman–Crippen MR) is 87.8 cm³/mol. The number of halogens is 2. The Morgan fingerprint density at radius 1 is 1.00 bits per heavy atom. The first kappa shape index (κ1) is 22.7. The third-order valence-electron chi connectivity index (χ3n) is 3.94. The summed E-state index contributed by atoms with van der Waals surface area (Å²) in [5, 5.41) is 0. The van der Waals surface area contributed by atoms with Crippen LogP contribution < -0.4 is 0 Å². The fourth-order valence-electron chi connectivity index (χ4n) is 2.78. The van der Waals surface area contributed by atoms with Gasteiger partial charge < -0.3 is 0 Å². The first-order valence-corrected chi connectivity index (χ1v) is 6.80. The molecule has 1 saturated carbocycles. The summed E-state index contributed by atoms with van der Waals surface area (Å²) in [5.41, 5.74) is 2.06. The van der Waals surface area contributed by atoms with Gasteiger partial charge in [-0.15, -0.1) is 37.7 Å². The van der Waals surface area contributed by atoms with E-state index < -0.39 is 0 Å². The number of hydrogen-bond acceptors (Lipinski definition) is 0. The van der Waals surface area contributed by atoms with E-state index in [0.717, 1.165) is 12.8 Å². The monoisotopic (exact) mass is 388 g/mol. The molecule has 0 spiro atoms. The molecule has 0 aromatic carbocycles. The Kier molecular flexibility index (Phi) is 13.6. The van der Waals surface area contributed by atoms with Crippen LogP contribution in [0.2, 0.25) is 0 Å². The standard InChI is InChI=1S/C12H17.C5H5.2ClH.Zr/c1-12(9-5-2-6-10-12)11-7-3-4-8-11;1-2-4-5-3-1;;;/h7-8H,2-3,5-6,9-10H2,1H3;1-3H,4H2;2*1H;/q2*-1;;;+2. The van der Waals surface area contributed by atoms with Gasteiger partial charge in [0.1, 0.15) is 0 Å². The van der Waals surface area contributed by atoms with Crippen LogP contribution >= 0.6 is 24.8 Å². The van der Waals surface area contributed by atoms with Crippen LogP contribution in [-0.4, -0.2) is 0 Å². The molecule has 0 N–H and O–H groups in total. The molecule has 20 heavy (non-hydrogen) atoms. The maximum absolute atomic E-state index is 3.28. The molecule has 110 valence electrons. The van der Waals surface area contributed by atoms with Crippen LogP contribution in [0.25, 0.3) is 0 Å². The van der Waals surface area contributed by atoms with Gasteiger partial charge in [-0.25, -0.2) is 18.2 Å². The van der Waals surface area contributed by atoms with Crippen molar-refractivity contribution in [3.8, 4) is 0 Å². The molecule has 0 nitrogen and oxygen atoms in total. The maximum atomic E-state index is 3.28. The molecule has 0 aromatic heterocycles. The zero-order chi connectivity index (χ0) is 12.0. The first-order chi connectivity index (χ1) is 8.31. The second-order valence-electron chi connectivity index (χ2n) is 5.34. The van der Waals surface area contributed by atoms with E-state index in [-0.39, 0.29) is 51.0 Å². The molecule has 0 heterocycles. The Labute approximate surface area is 155 Å². The molecule has 3 rings (SSSR count). The molecule has 0 aromatic rings. The molecule has 0 aliphatic heterocycles. The Morgan fingerprint density at radius 3 is 2.10 bits per heavy atom. The van der Waals surface area contributed by atoms with Crippen molar-refractivity contribution in [3.05, 3.63) is 48.1 Å². The van der Waals surface area contributed by atoms with Gasteiger partial charge in [-0.1, -0.05) is 44.4 Å². The third-order valence-corrected chi connectivity index (χ3v) is 3.94. The molecule has 3 heteroatoms. The summed E-state index contributed by atoms with van der Waals surface area (Å²) in [6.07, 6.45) is 25.9. The van der Waals surface area contributed by atoms with Crippen molar-refractivity contribution >= 4 is 24.8 Å². The summed E-state index contributed by atoms with van der Waals surface area (Å²) in [4.78, 5) is 0. The van der Waals surface area contributed by atoms with E-state index >= 15 is 0 Å². The SMILES string of the molecule is CC1(C2=CC[C-]=C2)CCCCC1.Cl.Cl.[C-]1=CC=CC1.[Zr+2]. The van der Waals surface area contributed by atoms with E-state index in [4.69, 9.17) is 0 Å². The van der Waals surface area contributed by atoms with E-state index in [1.54, 1.807) is 5.57 Å². The number of rotatable bonds is 1. The molecule has 0 radical (unpaired) electrons. The quantitative estimate of drug-likeness (QED) is 0.497. The number of allylic oxidation sites excluding steroid dienone is 8. The van der Waals surface area contributed by atoms with Crippen molar-refractivity contribution in [2.24, 2.45) is 5.41 Å². The summed E-state index contributed by atoms with van der Waals surface area (Å²) < 4.78 is 0. The molecular weight excluding hydrogens is 366 g/mol. The Balaban J connectivity index is 0. The van der Waals surface area contributed by atoms with Crippen LogP contribution in [0.4, 0.5) is 0 Å². The Hall–Kier alpha value is 0.423. The van der Waals surface area contributed by atoms with Crippen molar-refractivity contribution in [3.63, 3.8) is 0 Å². The summed E-state index contributed by atoms with van der Waals surface area (Å²) in [5.74, 6) is 0. The minimum absolute atomic E-state index is 0. The molecule has 0 bridgehead atoms. The minimum atomic E-state index is 0. The maximum Gasteiger partial charge on any atom is 2.00 e. The summed E-state index contributed by atoms with van der Waals surface area (Å²) in [7, 11) is 0. The molecule has 3 aliphatic carbocycles. The Morgan fingerprint density at radius 2 is 1.70 bits per heavy atom. The van der Waals surface area contributed by atoms with E-state index in [0.29, 0.717) is 5.41 Å². The van der Waals surface area contributed by atoms with Crippen molar-refractivity contribution in [2.75, 3.05) is 0 Å². The molecular formula is C17H24Cl2Zr. The fraction of sp³-hybridized carbons (Fsp3) is 0.529. The van der Waals surface area contributed by atoms with E-state index in [9.17, 15) is 0 Å². The van der Waals surface area contributed by atoms with E-state index in [2.05, 4.69) is 37.3 Å². The smallest absolute Gasteiger partial charge is 0.273 e. The molecule has 1 fully saturated rings. The first-order valence-electron chi connectivity index (χ1n) is 6.80. The van der Waals surface area contributed by atoms with Gasteiger partial charge in [-0.2, -0.15) is 17.7 Å². The molecule has 0 unspecified atom stereocenters. The van der Waals surface area contributed by atoms with Crippen molar-refractivity contribution < 1.29 is 26.2 Å². The van der Waals surface area contributed by atoms with Crippen LogP contribution in [0.1, 0.15) is 51.9 Å². The topological polar surface area (TPSA) is 0 Å². The predicted octanol–water partition coefficient (Wildman–Crippen LogP) is 5.79. The van der Waals surface area contributed by atoms with Crippen molar-refractivity contribution in [1.82, 2.24) is 0 Å². The Bertz CT molecular complexity index is 351. The molecule has 0 amide bonds. The van der Waals surface area contributed by atoms with Gasteiger partial charge in [0, 0.05) is 0 Å². The fourth-order valence-corrected chi connectivity index (χ4v) is 2.78. The van der Waals surface area contributed by atoms with Gasteiger partial charge in [-0.05, 0) is 0 Å². The van der Waals surface area contributed by atoms with Gasteiger partial charge in [0.2, 0.25) is 0 Å². The average molecular weight is 391 g/mol. The van der Waals surface area contributed by atoms with Crippen LogP contribution in [-0.2, 0) is 26.2 Å². The average Bonchev–Trinajstić information content (AvgIpc) is 3.07. The van der Waals surface area contributed by atoms with E-state index in [1.807, 2.05) is 12.2 Å².